The van der Waals surface area contributed by atoms with Gasteiger partial charge in [0.05, 0.1) is 22.7 Å². The van der Waals surface area contributed by atoms with Crippen LogP contribution in [0.2, 0.25) is 10.0 Å². The van der Waals surface area contributed by atoms with Crippen LogP contribution in [-0.2, 0) is 4.79 Å². The van der Waals surface area contributed by atoms with Crippen LogP contribution in [0.4, 0.5) is 0 Å². The van der Waals surface area contributed by atoms with Gasteiger partial charge in [-0.3, -0.25) is 9.59 Å². The quantitative estimate of drug-likeness (QED) is 0.834. The third-order valence-electron chi connectivity index (χ3n) is 3.84. The van der Waals surface area contributed by atoms with E-state index < -0.39 is 0 Å². The van der Waals surface area contributed by atoms with Crippen molar-refractivity contribution in [2.75, 3.05) is 33.3 Å². The second-order valence-corrected chi connectivity index (χ2v) is 6.55. The summed E-state index contributed by atoms with van der Waals surface area (Å²) in [5, 5.41) is 0.644. The van der Waals surface area contributed by atoms with Crippen molar-refractivity contribution in [3.63, 3.8) is 0 Å². The molecular formula is C16H20Cl2N2O3. The van der Waals surface area contributed by atoms with E-state index in [0.29, 0.717) is 47.5 Å². The van der Waals surface area contributed by atoms with Gasteiger partial charge in [0.2, 0.25) is 5.91 Å². The van der Waals surface area contributed by atoms with Crippen LogP contribution < -0.4 is 4.74 Å². The maximum absolute atomic E-state index is 12.6. The first kappa shape index (κ1) is 17.9. The minimum atomic E-state index is -0.184. The second-order valence-electron chi connectivity index (χ2n) is 5.74. The molecule has 5 nitrogen and oxygen atoms in total. The van der Waals surface area contributed by atoms with Gasteiger partial charge >= 0.3 is 0 Å². The average molecular weight is 359 g/mol. The van der Waals surface area contributed by atoms with E-state index in [9.17, 15) is 9.59 Å². The van der Waals surface area contributed by atoms with Crippen LogP contribution >= 0.6 is 23.2 Å². The highest BCUT2D eigenvalue weighted by Crippen LogP contribution is 2.31. The lowest BCUT2D eigenvalue weighted by atomic mass is 10.1. The number of hydrogen-bond donors (Lipinski definition) is 0. The number of carbonyl (C=O) groups is 2. The van der Waals surface area contributed by atoms with Crippen LogP contribution in [0.25, 0.3) is 0 Å². The van der Waals surface area contributed by atoms with Crippen molar-refractivity contribution in [2.24, 2.45) is 5.92 Å². The molecule has 23 heavy (non-hydrogen) atoms. The Morgan fingerprint density at radius 3 is 2.13 bits per heavy atom. The van der Waals surface area contributed by atoms with E-state index in [0.717, 1.165) is 0 Å². The lowest BCUT2D eigenvalue weighted by molar-refractivity contribution is -0.135. The highest BCUT2D eigenvalue weighted by atomic mass is 35.5. The summed E-state index contributed by atoms with van der Waals surface area (Å²) >= 11 is 12.2. The summed E-state index contributed by atoms with van der Waals surface area (Å²) in [5.74, 6) is 0.325. The molecule has 1 saturated heterocycles. The summed E-state index contributed by atoms with van der Waals surface area (Å²) < 4.78 is 5.08. The van der Waals surface area contributed by atoms with Crippen LogP contribution in [-0.4, -0.2) is 54.9 Å². The van der Waals surface area contributed by atoms with Gasteiger partial charge in [-0.1, -0.05) is 37.0 Å². The number of methoxy groups -OCH3 is 1. The Bertz CT molecular complexity index is 612. The molecule has 0 saturated carbocycles. The Hall–Kier alpha value is -1.46. The van der Waals surface area contributed by atoms with Crippen LogP contribution in [0.1, 0.15) is 24.2 Å². The molecule has 0 aromatic heterocycles. The van der Waals surface area contributed by atoms with Crippen molar-refractivity contribution < 1.29 is 14.3 Å². The van der Waals surface area contributed by atoms with Crippen molar-refractivity contribution in [2.45, 2.75) is 13.8 Å². The van der Waals surface area contributed by atoms with Crippen LogP contribution in [0.5, 0.6) is 5.75 Å². The van der Waals surface area contributed by atoms with Crippen molar-refractivity contribution in [3.05, 3.63) is 27.7 Å². The third kappa shape index (κ3) is 3.90. The van der Waals surface area contributed by atoms with Crippen LogP contribution in [0, 0.1) is 5.92 Å². The number of ether oxygens (including phenoxy) is 1. The van der Waals surface area contributed by atoms with Crippen LogP contribution in [0.3, 0.4) is 0 Å². The zero-order valence-corrected chi connectivity index (χ0v) is 14.9. The molecule has 1 aliphatic rings. The molecule has 1 heterocycles. The molecule has 126 valence electrons. The van der Waals surface area contributed by atoms with Gasteiger partial charge in [0, 0.05) is 38.2 Å². The fourth-order valence-electron chi connectivity index (χ4n) is 2.51. The number of piperazine rings is 1. The summed E-state index contributed by atoms with van der Waals surface area (Å²) in [5.41, 5.74) is 0.348. The van der Waals surface area contributed by atoms with E-state index in [2.05, 4.69) is 0 Å². The lowest BCUT2D eigenvalue weighted by Crippen LogP contribution is -2.51. The molecule has 2 rings (SSSR count). The smallest absolute Gasteiger partial charge is 0.255 e. The van der Waals surface area contributed by atoms with E-state index in [1.54, 1.807) is 9.80 Å². The number of benzene rings is 1. The molecule has 1 aromatic carbocycles. The normalized spacial score (nSPS) is 15.0. The van der Waals surface area contributed by atoms with Crippen molar-refractivity contribution in [1.29, 1.82) is 0 Å². The van der Waals surface area contributed by atoms with Gasteiger partial charge in [-0.15, -0.1) is 0 Å². The summed E-state index contributed by atoms with van der Waals surface area (Å²) in [6.07, 6.45) is 0. The molecule has 0 N–H and O–H groups in total. The fraction of sp³-hybridized carbons (Fsp3) is 0.500. The standard InChI is InChI=1S/C16H20Cl2N2O3/c1-10(2)15(21)19-4-6-20(7-5-19)16(22)11-8-13(18)14(23-3)9-12(11)17/h8-10H,4-7H2,1-3H3. The zero-order chi connectivity index (χ0) is 17.1. The number of amides is 2. The molecule has 0 atom stereocenters. The largest absolute Gasteiger partial charge is 0.495 e. The van der Waals surface area contributed by atoms with Crippen LogP contribution in [0.15, 0.2) is 12.1 Å². The molecule has 0 bridgehead atoms. The highest BCUT2D eigenvalue weighted by Gasteiger charge is 2.27. The first-order valence-electron chi connectivity index (χ1n) is 7.46. The number of halogens is 2. The van der Waals surface area contributed by atoms with Gasteiger partial charge in [0.1, 0.15) is 5.75 Å². The van der Waals surface area contributed by atoms with Gasteiger partial charge in [-0.2, -0.15) is 0 Å². The fourth-order valence-corrected chi connectivity index (χ4v) is 2.99. The molecule has 0 radical (unpaired) electrons. The van der Waals surface area contributed by atoms with Gasteiger partial charge in [0.15, 0.2) is 0 Å². The summed E-state index contributed by atoms with van der Waals surface area (Å²) in [6, 6.07) is 3.06. The molecular weight excluding hydrogens is 339 g/mol. The Balaban J connectivity index is 2.08. The number of nitrogens with zero attached hydrogens (tertiary/aromatic N) is 2. The van der Waals surface area contributed by atoms with Gasteiger partial charge in [-0.05, 0) is 6.07 Å². The molecule has 1 aliphatic heterocycles. The highest BCUT2D eigenvalue weighted by molar-refractivity contribution is 6.36. The van der Waals surface area contributed by atoms with E-state index >= 15 is 0 Å². The molecule has 1 fully saturated rings. The number of carbonyl (C=O) groups excluding carboxylic acids is 2. The van der Waals surface area contributed by atoms with E-state index in [-0.39, 0.29) is 17.7 Å². The minimum Gasteiger partial charge on any atom is -0.495 e. The SMILES string of the molecule is COc1cc(Cl)c(C(=O)N2CCN(C(=O)C(C)C)CC2)cc1Cl. The second kappa shape index (κ2) is 7.41. The zero-order valence-electron chi connectivity index (χ0n) is 13.4. The van der Waals surface area contributed by atoms with E-state index in [1.165, 1.54) is 19.2 Å². The van der Waals surface area contributed by atoms with Gasteiger partial charge in [-0.25, -0.2) is 0 Å². The number of rotatable bonds is 3. The Labute approximate surface area is 146 Å². The minimum absolute atomic E-state index is 0.0351. The third-order valence-corrected chi connectivity index (χ3v) is 4.45. The van der Waals surface area contributed by atoms with E-state index in [4.69, 9.17) is 27.9 Å². The summed E-state index contributed by atoms with van der Waals surface area (Å²) in [7, 11) is 1.49. The summed E-state index contributed by atoms with van der Waals surface area (Å²) in [6.45, 7) is 5.78. The Morgan fingerprint density at radius 2 is 1.61 bits per heavy atom. The van der Waals surface area contributed by atoms with Crippen molar-refractivity contribution in [1.82, 2.24) is 9.80 Å². The van der Waals surface area contributed by atoms with Gasteiger partial charge in [0.25, 0.3) is 5.91 Å². The maximum atomic E-state index is 12.6. The average Bonchev–Trinajstić information content (AvgIpc) is 2.55. The molecule has 1 aromatic rings. The summed E-state index contributed by atoms with van der Waals surface area (Å²) in [4.78, 5) is 28.1. The topological polar surface area (TPSA) is 49.9 Å². The van der Waals surface area contributed by atoms with Crippen molar-refractivity contribution >= 4 is 35.0 Å². The monoisotopic (exact) mass is 358 g/mol. The predicted molar refractivity (Wildman–Crippen MR) is 90.3 cm³/mol. The molecule has 7 heteroatoms. The van der Waals surface area contributed by atoms with Gasteiger partial charge < -0.3 is 14.5 Å². The first-order valence-corrected chi connectivity index (χ1v) is 8.21. The predicted octanol–water partition coefficient (Wildman–Crippen LogP) is 2.94. The molecule has 0 unspecified atom stereocenters. The van der Waals surface area contributed by atoms with E-state index in [1.807, 2.05) is 13.8 Å². The molecule has 2 amide bonds. The van der Waals surface area contributed by atoms with Crippen molar-refractivity contribution in [3.8, 4) is 5.75 Å². The molecule has 0 spiro atoms. The Kier molecular flexibility index (Phi) is 5.76. The first-order chi connectivity index (χ1) is 10.8. The maximum Gasteiger partial charge on any atom is 0.255 e. The Morgan fingerprint density at radius 1 is 1.04 bits per heavy atom. The number of hydrogen-bond acceptors (Lipinski definition) is 3. The molecule has 0 aliphatic carbocycles. The lowest BCUT2D eigenvalue weighted by Gasteiger charge is -2.35.